The van der Waals surface area contributed by atoms with Gasteiger partial charge in [0.25, 0.3) is 17.0 Å². The molecule has 1 amide bonds. The summed E-state index contributed by atoms with van der Waals surface area (Å²) in [5, 5.41) is 28.9. The minimum absolute atomic E-state index is 0.00909. The fraction of sp³-hybridized carbons (Fsp3) is 0.200. The number of nitrogens with one attached hydrogen (secondary N) is 1. The second-order valence-electron chi connectivity index (χ2n) is 9.08. The minimum Gasteiger partial charge on any atom is -0.477 e. The molecule has 0 aromatic carbocycles. The van der Waals surface area contributed by atoms with Crippen molar-refractivity contribution in [2.45, 2.75) is 33.1 Å². The molecule has 0 aliphatic rings. The Balaban J connectivity index is 0.000000261. The van der Waals surface area contributed by atoms with E-state index in [2.05, 4.69) is 9.97 Å². The second kappa shape index (κ2) is 16.1. The molecule has 47 heavy (non-hydrogen) atoms. The molecule has 0 radical (unpaired) electrons. The van der Waals surface area contributed by atoms with Gasteiger partial charge in [0.15, 0.2) is 11.1 Å². The van der Waals surface area contributed by atoms with E-state index in [9.17, 15) is 37.6 Å². The van der Waals surface area contributed by atoms with Gasteiger partial charge in [-0.3, -0.25) is 33.5 Å². The van der Waals surface area contributed by atoms with E-state index in [-0.39, 0.29) is 26.0 Å². The number of thiazole rings is 2. The van der Waals surface area contributed by atoms with Gasteiger partial charge in [-0.05, 0) is 49.3 Å². The first-order valence-electron chi connectivity index (χ1n) is 13.4. The number of alkyl halides is 3. The molecule has 0 unspecified atom stereocenters. The molecule has 12 nitrogen and oxygen atoms in total. The van der Waals surface area contributed by atoms with Crippen LogP contribution in [0.5, 0.6) is 0 Å². The van der Waals surface area contributed by atoms with Crippen LogP contribution in [0.2, 0.25) is 0 Å². The van der Waals surface area contributed by atoms with Crippen LogP contribution in [0.25, 0.3) is 23.3 Å². The van der Waals surface area contributed by atoms with Gasteiger partial charge in [0.2, 0.25) is 0 Å². The summed E-state index contributed by atoms with van der Waals surface area (Å²) in [5.74, 6) is -2.52. The third-order valence-corrected chi connectivity index (χ3v) is 8.21. The Morgan fingerprint density at radius 1 is 0.894 bits per heavy atom. The lowest BCUT2D eigenvalue weighted by molar-refractivity contribution is -0.135. The number of carboxylic acids is 1. The first-order chi connectivity index (χ1) is 22.3. The van der Waals surface area contributed by atoms with Crippen LogP contribution in [0.1, 0.15) is 25.0 Å². The lowest BCUT2D eigenvalue weighted by Gasteiger charge is -2.07. The summed E-state index contributed by atoms with van der Waals surface area (Å²) in [6.45, 7) is 2.25. The number of aliphatic carboxylic acids is 1. The maximum absolute atomic E-state index is 12.5. The molecule has 0 aliphatic carbocycles. The van der Waals surface area contributed by atoms with Crippen LogP contribution in [0.3, 0.4) is 0 Å². The van der Waals surface area contributed by atoms with Crippen molar-refractivity contribution in [1.29, 1.82) is 10.5 Å². The molecule has 2 N–H and O–H groups in total. The van der Waals surface area contributed by atoms with Crippen LogP contribution >= 0.6 is 22.7 Å². The highest BCUT2D eigenvalue weighted by Crippen LogP contribution is 2.12. The van der Waals surface area contributed by atoms with Crippen molar-refractivity contribution in [1.82, 2.24) is 24.4 Å². The fourth-order valence-electron chi connectivity index (χ4n) is 3.86. The summed E-state index contributed by atoms with van der Waals surface area (Å²) < 4.78 is 40.1. The van der Waals surface area contributed by atoms with Crippen molar-refractivity contribution in [2.24, 2.45) is 0 Å². The number of nitriles is 2. The monoisotopic (exact) mass is 683 g/mol. The summed E-state index contributed by atoms with van der Waals surface area (Å²) in [6.07, 6.45) is 4.88. The number of rotatable bonds is 7. The lowest BCUT2D eigenvalue weighted by Crippen LogP contribution is -2.37. The number of nitrogens with zero attached hydrogens (tertiary/aromatic N) is 6. The van der Waals surface area contributed by atoms with Gasteiger partial charge in [-0.25, -0.2) is 4.79 Å². The van der Waals surface area contributed by atoms with Gasteiger partial charge in [0, 0.05) is 37.9 Å². The van der Waals surface area contributed by atoms with Gasteiger partial charge in [-0.1, -0.05) is 12.1 Å². The highest BCUT2D eigenvalue weighted by Gasteiger charge is 2.29. The molecule has 4 rings (SSSR count). The standard InChI is InChI=1S/C16H13F3N4O2S.C14H11N3O3S/c1-2-23-14(25)12(6-10-4-3-5-21-8-10)26-15(23)11(7-20)13(24)22-9-16(17,18)19;1-2-17-12(18)11(6-9-4-3-5-16-8-9)21-13(17)10(7-15)14(19)20/h3-6,8H,2,9H2,1H3,(H,22,24);3-6,8H,2H2,1H3,(H,19,20)/b12-6?,15-11-;11-6?,13-10-. The van der Waals surface area contributed by atoms with Crippen molar-refractivity contribution in [3.8, 4) is 12.1 Å². The SMILES string of the molecule is CCn1c(=O)c(=Cc2cccnc2)s/c1=C(/C#N)C(=O)NCC(F)(F)F.CCn1c(=O)c(=Cc2cccnc2)s/c1=C(/C#N)C(=O)O. The van der Waals surface area contributed by atoms with Gasteiger partial charge < -0.3 is 10.4 Å². The summed E-state index contributed by atoms with van der Waals surface area (Å²) in [4.78, 5) is 55.7. The lowest BCUT2D eigenvalue weighted by atomic mass is 10.3. The van der Waals surface area contributed by atoms with Crippen LogP contribution < -0.4 is 34.8 Å². The zero-order valence-corrected chi connectivity index (χ0v) is 26.2. The number of amides is 1. The number of hydrogen-bond donors (Lipinski definition) is 2. The first-order valence-corrected chi connectivity index (χ1v) is 15.1. The van der Waals surface area contributed by atoms with E-state index in [0.29, 0.717) is 16.6 Å². The molecule has 4 aromatic rings. The van der Waals surface area contributed by atoms with Gasteiger partial charge in [-0.15, -0.1) is 22.7 Å². The van der Waals surface area contributed by atoms with Gasteiger partial charge in [0.05, 0.1) is 9.06 Å². The molecular weight excluding hydrogens is 660 g/mol. The van der Waals surface area contributed by atoms with E-state index in [1.54, 1.807) is 80.2 Å². The molecule has 0 aliphatic heterocycles. The second-order valence-corrected chi connectivity index (χ2v) is 11.1. The molecule has 0 atom stereocenters. The number of aromatic nitrogens is 4. The van der Waals surface area contributed by atoms with Crippen molar-refractivity contribution >= 4 is 57.8 Å². The normalized spacial score (nSPS) is 13.1. The predicted octanol–water partition coefficient (Wildman–Crippen LogP) is 0.419. The van der Waals surface area contributed by atoms with E-state index in [4.69, 9.17) is 10.4 Å². The summed E-state index contributed by atoms with van der Waals surface area (Å²) >= 11 is 1.86. The number of carboxylic acid groups (broad SMARTS) is 1. The smallest absolute Gasteiger partial charge is 0.405 e. The van der Waals surface area contributed by atoms with Gasteiger partial charge >= 0.3 is 12.1 Å². The first kappa shape index (κ1) is 35.8. The predicted molar refractivity (Wildman–Crippen MR) is 167 cm³/mol. The largest absolute Gasteiger partial charge is 0.477 e. The quantitative estimate of drug-likeness (QED) is 0.279. The minimum atomic E-state index is -4.60. The summed E-state index contributed by atoms with van der Waals surface area (Å²) in [7, 11) is 0. The summed E-state index contributed by atoms with van der Waals surface area (Å²) in [5.41, 5.74) is -0.336. The van der Waals surface area contributed by atoms with Crippen LogP contribution in [0.4, 0.5) is 13.2 Å². The van der Waals surface area contributed by atoms with E-state index >= 15 is 0 Å². The van der Waals surface area contributed by atoms with Crippen LogP contribution in [-0.4, -0.2) is 48.8 Å². The molecule has 17 heteroatoms. The molecule has 242 valence electrons. The molecule has 0 saturated carbocycles. The Labute approximate surface area is 271 Å². The van der Waals surface area contributed by atoms with Crippen LogP contribution in [0, 0.1) is 22.7 Å². The zero-order chi connectivity index (χ0) is 34.7. The molecule has 4 aromatic heterocycles. The molecule has 0 spiro atoms. The summed E-state index contributed by atoms with van der Waals surface area (Å²) in [6, 6.07) is 10.2. The average molecular weight is 684 g/mol. The van der Waals surface area contributed by atoms with E-state index < -0.39 is 41.3 Å². The Morgan fingerprint density at radius 3 is 1.68 bits per heavy atom. The number of halogens is 3. The maximum atomic E-state index is 12.5. The number of carbonyl (C=O) groups is 2. The number of pyridine rings is 2. The number of carbonyl (C=O) groups excluding carboxylic acids is 1. The third kappa shape index (κ3) is 9.19. The van der Waals surface area contributed by atoms with Gasteiger partial charge in [0.1, 0.15) is 28.0 Å². The molecule has 4 heterocycles. The molecular formula is C30H24F3N7O5S2. The van der Waals surface area contributed by atoms with Crippen molar-refractivity contribution < 1.29 is 27.9 Å². The highest BCUT2D eigenvalue weighted by molar-refractivity contribution is 7.08. The maximum Gasteiger partial charge on any atom is 0.405 e. The van der Waals surface area contributed by atoms with Crippen LogP contribution in [0.15, 0.2) is 58.6 Å². The van der Waals surface area contributed by atoms with Gasteiger partial charge in [-0.2, -0.15) is 23.7 Å². The molecule has 0 fully saturated rings. The van der Waals surface area contributed by atoms with Crippen molar-refractivity contribution in [3.05, 3.63) is 99.3 Å². The Kier molecular flexibility index (Phi) is 12.3. The average Bonchev–Trinajstić information content (AvgIpc) is 3.51. The zero-order valence-electron chi connectivity index (χ0n) is 24.6. The Hall–Kier alpha value is -5.65. The third-order valence-electron chi connectivity index (χ3n) is 5.95. The number of hydrogen-bond acceptors (Lipinski definition) is 10. The Morgan fingerprint density at radius 2 is 1.34 bits per heavy atom. The molecule has 0 bridgehead atoms. The highest BCUT2D eigenvalue weighted by atomic mass is 32.1. The topological polar surface area (TPSA) is 184 Å². The fourth-order valence-corrected chi connectivity index (χ4v) is 6.18. The van der Waals surface area contributed by atoms with E-state index in [1.807, 2.05) is 0 Å². The van der Waals surface area contributed by atoms with Crippen LogP contribution in [-0.2, 0) is 22.7 Å². The van der Waals surface area contributed by atoms with Crippen molar-refractivity contribution in [3.63, 3.8) is 0 Å². The van der Waals surface area contributed by atoms with E-state index in [0.717, 1.165) is 28.2 Å². The molecule has 0 saturated heterocycles. The Bertz CT molecular complexity index is 2230. The van der Waals surface area contributed by atoms with Crippen molar-refractivity contribution in [2.75, 3.05) is 6.54 Å². The van der Waals surface area contributed by atoms with E-state index in [1.165, 1.54) is 21.4 Å².